The van der Waals surface area contributed by atoms with Gasteiger partial charge in [0, 0.05) is 31.3 Å². The molecule has 4 heterocycles. The van der Waals surface area contributed by atoms with Crippen LogP contribution in [0.2, 0.25) is 0 Å². The molecule has 2 aliphatic heterocycles. The van der Waals surface area contributed by atoms with Crippen LogP contribution in [0.25, 0.3) is 11.4 Å². The minimum absolute atomic E-state index is 0.0105. The Labute approximate surface area is 260 Å². The zero-order valence-corrected chi connectivity index (χ0v) is 26.5. The molecule has 1 atom stereocenters. The fourth-order valence-corrected chi connectivity index (χ4v) is 5.86. The van der Waals surface area contributed by atoms with Crippen LogP contribution in [0.5, 0.6) is 5.88 Å². The first-order chi connectivity index (χ1) is 21.3. The van der Waals surface area contributed by atoms with Gasteiger partial charge >= 0.3 is 5.97 Å². The molecule has 2 aliphatic rings. The lowest BCUT2D eigenvalue weighted by Crippen LogP contribution is -2.43. The zero-order chi connectivity index (χ0) is 31.2. The van der Waals surface area contributed by atoms with Crippen molar-refractivity contribution in [1.29, 1.82) is 0 Å². The van der Waals surface area contributed by atoms with E-state index < -0.39 is 5.97 Å². The number of hydrogen-bond acceptors (Lipinski definition) is 7. The van der Waals surface area contributed by atoms with E-state index >= 15 is 0 Å². The van der Waals surface area contributed by atoms with Crippen LogP contribution in [-0.2, 0) is 29.0 Å². The molecule has 0 unspecified atom stereocenters. The van der Waals surface area contributed by atoms with Crippen LogP contribution < -0.4 is 4.74 Å². The molecule has 1 aromatic carbocycles. The second-order valence-corrected chi connectivity index (χ2v) is 11.8. The molecule has 0 aliphatic carbocycles. The fourth-order valence-electron chi connectivity index (χ4n) is 5.86. The monoisotopic (exact) mass is 600 g/mol. The van der Waals surface area contributed by atoms with Gasteiger partial charge in [0.05, 0.1) is 24.6 Å². The fraction of sp³-hybridized carbons (Fsp3) is 0.457. The lowest BCUT2D eigenvalue weighted by Gasteiger charge is -2.37. The smallest absolute Gasteiger partial charge is 0.342 e. The lowest BCUT2D eigenvalue weighted by atomic mass is 9.95. The first kappa shape index (κ1) is 31.5. The highest BCUT2D eigenvalue weighted by atomic mass is 16.5. The molecule has 3 aromatic rings. The van der Waals surface area contributed by atoms with Crippen LogP contribution in [0.1, 0.15) is 86.6 Å². The summed E-state index contributed by atoms with van der Waals surface area (Å²) < 4.78 is 19.6. The number of ether oxygens (including phenoxy) is 3. The first-order valence-corrected chi connectivity index (χ1v) is 15.7. The number of benzene rings is 1. The zero-order valence-electron chi connectivity index (χ0n) is 26.5. The van der Waals surface area contributed by atoms with Crippen molar-refractivity contribution >= 4 is 11.5 Å². The van der Waals surface area contributed by atoms with E-state index in [-0.39, 0.29) is 17.5 Å². The molecule has 0 spiro atoms. The van der Waals surface area contributed by atoms with E-state index in [9.17, 15) is 9.90 Å². The molecule has 0 saturated carbocycles. The minimum Gasteiger partial charge on any atom is -0.488 e. The summed E-state index contributed by atoms with van der Waals surface area (Å²) in [7, 11) is 0. The van der Waals surface area contributed by atoms with Gasteiger partial charge in [-0.1, -0.05) is 37.3 Å². The molecule has 1 N–H and O–H groups in total. The second-order valence-electron chi connectivity index (χ2n) is 11.8. The molecule has 0 amide bonds. The number of fused-ring (bicyclic) bond motifs is 1. The number of carboxylic acid groups (broad SMARTS) is 1. The number of rotatable bonds is 11. The van der Waals surface area contributed by atoms with Gasteiger partial charge < -0.3 is 19.3 Å². The molecule has 44 heavy (non-hydrogen) atoms. The van der Waals surface area contributed by atoms with Crippen molar-refractivity contribution in [1.82, 2.24) is 19.7 Å². The predicted molar refractivity (Wildman–Crippen MR) is 170 cm³/mol. The summed E-state index contributed by atoms with van der Waals surface area (Å²) >= 11 is 0. The van der Waals surface area contributed by atoms with Gasteiger partial charge in [0.2, 0.25) is 5.88 Å². The van der Waals surface area contributed by atoms with Crippen LogP contribution in [0.3, 0.4) is 0 Å². The highest BCUT2D eigenvalue weighted by Crippen LogP contribution is 2.31. The Morgan fingerprint density at radius 2 is 2.07 bits per heavy atom. The largest absolute Gasteiger partial charge is 0.488 e. The van der Waals surface area contributed by atoms with Crippen LogP contribution in [0.4, 0.5) is 0 Å². The summed E-state index contributed by atoms with van der Waals surface area (Å²) in [5, 5.41) is 14.0. The van der Waals surface area contributed by atoms with Crippen molar-refractivity contribution < 1.29 is 24.1 Å². The van der Waals surface area contributed by atoms with Crippen molar-refractivity contribution in [3.8, 4) is 11.7 Å². The predicted octanol–water partition coefficient (Wildman–Crippen LogP) is 6.59. The Hall–Kier alpha value is -3.95. The molecule has 9 nitrogen and oxygen atoms in total. The summed E-state index contributed by atoms with van der Waals surface area (Å²) in [5.41, 5.74) is 6.61. The number of aromatic carboxylic acids is 1. The number of carboxylic acids is 1. The Kier molecular flexibility index (Phi) is 10.2. The molecule has 2 aromatic heterocycles. The summed E-state index contributed by atoms with van der Waals surface area (Å²) in [6.07, 6.45) is 7.29. The van der Waals surface area contributed by atoms with Crippen molar-refractivity contribution in [2.75, 3.05) is 19.8 Å². The quantitative estimate of drug-likeness (QED) is 0.194. The summed E-state index contributed by atoms with van der Waals surface area (Å²) in [6.45, 7) is 14.1. The topological polar surface area (TPSA) is 98.9 Å². The molecule has 9 heteroatoms. The van der Waals surface area contributed by atoms with Gasteiger partial charge in [-0.3, -0.25) is 4.90 Å². The number of aromatic nitrogens is 3. The Morgan fingerprint density at radius 1 is 1.23 bits per heavy atom. The van der Waals surface area contributed by atoms with E-state index in [2.05, 4.69) is 42.0 Å². The number of allylic oxidation sites excluding steroid dienone is 3. The molecule has 5 rings (SSSR count). The summed E-state index contributed by atoms with van der Waals surface area (Å²) in [4.78, 5) is 19.3. The van der Waals surface area contributed by atoms with E-state index in [1.54, 1.807) is 6.07 Å². The van der Waals surface area contributed by atoms with Gasteiger partial charge in [0.1, 0.15) is 17.9 Å². The molecule has 234 valence electrons. The third-order valence-electron chi connectivity index (χ3n) is 8.33. The van der Waals surface area contributed by atoms with E-state index in [4.69, 9.17) is 19.2 Å². The van der Waals surface area contributed by atoms with Crippen LogP contribution in [-0.4, -0.2) is 62.6 Å². The van der Waals surface area contributed by atoms with E-state index in [0.717, 1.165) is 68.0 Å². The maximum atomic E-state index is 11.8. The van der Waals surface area contributed by atoms with Gasteiger partial charge in [-0.2, -0.15) is 9.78 Å². The highest BCUT2D eigenvalue weighted by Gasteiger charge is 2.26. The second kappa shape index (κ2) is 14.2. The Balaban J connectivity index is 1.35. The summed E-state index contributed by atoms with van der Waals surface area (Å²) in [6, 6.07) is 12.9. The van der Waals surface area contributed by atoms with Crippen molar-refractivity contribution in [2.45, 2.75) is 85.6 Å². The van der Waals surface area contributed by atoms with Crippen LogP contribution >= 0.6 is 0 Å². The highest BCUT2D eigenvalue weighted by molar-refractivity contribution is 5.90. The average molecular weight is 601 g/mol. The summed E-state index contributed by atoms with van der Waals surface area (Å²) in [5.74, 6) is 0.305. The van der Waals surface area contributed by atoms with Crippen molar-refractivity contribution in [3.63, 3.8) is 0 Å². The maximum absolute atomic E-state index is 11.8. The van der Waals surface area contributed by atoms with E-state index in [1.807, 2.05) is 39.0 Å². The number of nitrogens with zero attached hydrogens (tertiary/aromatic N) is 4. The molecule has 0 bridgehead atoms. The van der Waals surface area contributed by atoms with E-state index in [0.29, 0.717) is 24.2 Å². The van der Waals surface area contributed by atoms with Gasteiger partial charge in [-0.15, -0.1) is 0 Å². The van der Waals surface area contributed by atoms with Crippen LogP contribution in [0.15, 0.2) is 60.0 Å². The van der Waals surface area contributed by atoms with Crippen molar-refractivity contribution in [3.05, 3.63) is 88.0 Å². The number of carbonyl (C=O) groups is 1. The lowest BCUT2D eigenvalue weighted by molar-refractivity contribution is 0.0125. The van der Waals surface area contributed by atoms with Gasteiger partial charge in [-0.25, -0.2) is 9.78 Å². The SMILES string of the molecule is C/C=C(\C(OCc1ccc2c(c1)CCN([C@H]1CCCOC1)C2)=C(\C)CC)c1cccc(-n2ncc(C(=O)O)c2OC(C)C)n1. The average Bonchev–Trinajstić information content (AvgIpc) is 3.46. The Bertz CT molecular complexity index is 1530. The molecule has 1 fully saturated rings. The van der Waals surface area contributed by atoms with Gasteiger partial charge in [0.15, 0.2) is 5.82 Å². The normalized spacial score (nSPS) is 18.1. The van der Waals surface area contributed by atoms with Crippen molar-refractivity contribution in [2.24, 2.45) is 0 Å². The first-order valence-electron chi connectivity index (χ1n) is 15.7. The molecule has 0 radical (unpaired) electrons. The number of hydrogen-bond donors (Lipinski definition) is 1. The minimum atomic E-state index is -1.10. The standard InChI is InChI=1S/C35H44N4O5/c1-6-24(5)33(43-21-25-13-14-27-20-38(16-15-26(27)18-25)28-10-9-17-42-22-28)29(7-2)31-11-8-12-32(37-31)39-34(44-23(3)4)30(19-36-39)35(40)41/h7-8,11-14,18-19,23,28H,6,9-10,15-17,20-22H2,1-5H3,(H,40,41)/b29-7-,33-24+/t28-/m0/s1. The number of pyridine rings is 1. The van der Waals surface area contributed by atoms with Crippen LogP contribution in [0, 0.1) is 0 Å². The van der Waals surface area contributed by atoms with E-state index in [1.165, 1.54) is 28.4 Å². The third-order valence-corrected chi connectivity index (χ3v) is 8.33. The van der Waals surface area contributed by atoms with Gasteiger partial charge in [0.25, 0.3) is 0 Å². The third kappa shape index (κ3) is 7.05. The maximum Gasteiger partial charge on any atom is 0.342 e. The molecular weight excluding hydrogens is 556 g/mol. The van der Waals surface area contributed by atoms with Gasteiger partial charge in [-0.05, 0) is 87.8 Å². The Morgan fingerprint density at radius 3 is 2.77 bits per heavy atom. The molecular formula is C35H44N4O5. The molecule has 1 saturated heterocycles.